The van der Waals surface area contributed by atoms with Gasteiger partial charge >= 0.3 is 0 Å². The number of Topliss-reactive ketones (excluding diaryl/α,β-unsaturated/α-hetero) is 1. The molecule has 0 spiro atoms. The first kappa shape index (κ1) is 20.5. The van der Waals surface area contributed by atoms with Crippen molar-refractivity contribution in [3.63, 3.8) is 0 Å². The summed E-state index contributed by atoms with van der Waals surface area (Å²) >= 11 is 0. The predicted octanol–water partition coefficient (Wildman–Crippen LogP) is 2.68. The number of methoxy groups -OCH3 is 1. The molecule has 1 saturated heterocycles. The van der Waals surface area contributed by atoms with Crippen LogP contribution in [0.2, 0.25) is 0 Å². The second-order valence-corrected chi connectivity index (χ2v) is 8.80. The normalized spacial score (nSPS) is 24.5. The van der Waals surface area contributed by atoms with Gasteiger partial charge in [0.25, 0.3) is 0 Å². The van der Waals surface area contributed by atoms with E-state index in [1.54, 1.807) is 7.11 Å². The Morgan fingerprint density at radius 2 is 2.00 bits per heavy atom. The molecule has 0 aromatic heterocycles. The van der Waals surface area contributed by atoms with Crippen molar-refractivity contribution in [1.29, 1.82) is 5.26 Å². The van der Waals surface area contributed by atoms with Crippen LogP contribution in [-0.2, 0) is 9.53 Å². The Balaban J connectivity index is 1.92. The van der Waals surface area contributed by atoms with Crippen molar-refractivity contribution in [1.82, 2.24) is 10.0 Å². The highest BCUT2D eigenvalue weighted by Crippen LogP contribution is 2.49. The van der Waals surface area contributed by atoms with Crippen molar-refractivity contribution in [2.45, 2.75) is 32.6 Å². The maximum atomic E-state index is 13.4. The fraction of sp³-hybridized carbons (Fsp3) is 0.478. The quantitative estimate of drug-likeness (QED) is 0.822. The van der Waals surface area contributed by atoms with E-state index in [9.17, 15) is 10.1 Å². The number of carbonyl (C=O) groups is 1. The second-order valence-electron chi connectivity index (χ2n) is 8.80. The van der Waals surface area contributed by atoms with Crippen molar-refractivity contribution < 1.29 is 14.3 Å². The molecule has 158 valence electrons. The first-order valence-corrected chi connectivity index (χ1v) is 10.3. The van der Waals surface area contributed by atoms with Crippen molar-refractivity contribution in [2.75, 3.05) is 33.4 Å². The largest absolute Gasteiger partial charge is 0.497 e. The van der Waals surface area contributed by atoms with Crippen LogP contribution in [0.25, 0.3) is 0 Å². The van der Waals surface area contributed by atoms with E-state index in [4.69, 9.17) is 15.2 Å². The Morgan fingerprint density at radius 1 is 1.27 bits per heavy atom. The molecule has 0 bridgehead atoms. The molecular weight excluding hydrogens is 380 g/mol. The number of morpholine rings is 1. The van der Waals surface area contributed by atoms with Crippen LogP contribution < -0.4 is 10.5 Å². The summed E-state index contributed by atoms with van der Waals surface area (Å²) in [7, 11) is 1.61. The molecule has 0 radical (unpaired) electrons. The molecule has 0 saturated carbocycles. The van der Waals surface area contributed by atoms with E-state index < -0.39 is 5.92 Å². The summed E-state index contributed by atoms with van der Waals surface area (Å²) in [6, 6.07) is 9.86. The fourth-order valence-electron chi connectivity index (χ4n) is 4.72. The maximum absolute atomic E-state index is 13.4. The molecule has 2 aliphatic heterocycles. The molecule has 7 nitrogen and oxygen atoms in total. The summed E-state index contributed by atoms with van der Waals surface area (Å²) in [5.41, 5.74) is 9.28. The van der Waals surface area contributed by atoms with Gasteiger partial charge in [0.15, 0.2) is 5.78 Å². The molecule has 1 fully saturated rings. The lowest BCUT2D eigenvalue weighted by atomic mass is 9.69. The number of rotatable bonds is 3. The van der Waals surface area contributed by atoms with E-state index in [0.717, 1.165) is 11.3 Å². The van der Waals surface area contributed by atoms with Gasteiger partial charge in [-0.2, -0.15) is 5.26 Å². The molecule has 7 heteroatoms. The van der Waals surface area contributed by atoms with Gasteiger partial charge in [-0.05, 0) is 29.5 Å². The molecule has 1 aromatic carbocycles. The fourth-order valence-corrected chi connectivity index (χ4v) is 4.72. The highest BCUT2D eigenvalue weighted by Gasteiger charge is 2.45. The first-order chi connectivity index (χ1) is 14.4. The van der Waals surface area contributed by atoms with E-state index in [0.29, 0.717) is 61.9 Å². The second kappa shape index (κ2) is 7.78. The number of nitriles is 1. The molecule has 4 rings (SSSR count). The molecule has 0 amide bonds. The highest BCUT2D eigenvalue weighted by molar-refractivity contribution is 6.00. The number of ketones is 1. The number of ether oxygens (including phenoxy) is 2. The van der Waals surface area contributed by atoms with Gasteiger partial charge in [0, 0.05) is 30.8 Å². The molecule has 2 heterocycles. The maximum Gasteiger partial charge on any atom is 0.162 e. The minimum atomic E-state index is -0.485. The van der Waals surface area contributed by atoms with E-state index >= 15 is 0 Å². The van der Waals surface area contributed by atoms with Gasteiger partial charge in [0.2, 0.25) is 0 Å². The number of nitrogens with two attached hydrogens (primary N) is 1. The number of allylic oxidation sites excluding steroid dienone is 3. The number of hydrogen-bond acceptors (Lipinski definition) is 7. The van der Waals surface area contributed by atoms with Crippen LogP contribution in [-0.4, -0.2) is 49.2 Å². The number of hydrazine groups is 1. The van der Waals surface area contributed by atoms with Crippen molar-refractivity contribution in [2.24, 2.45) is 11.1 Å². The third kappa shape index (κ3) is 3.47. The summed E-state index contributed by atoms with van der Waals surface area (Å²) in [5.74, 6) is 0.676. The van der Waals surface area contributed by atoms with Gasteiger partial charge in [-0.25, -0.2) is 5.01 Å². The average Bonchev–Trinajstić information content (AvgIpc) is 2.72. The lowest BCUT2D eigenvalue weighted by Gasteiger charge is -2.48. The van der Waals surface area contributed by atoms with E-state index in [-0.39, 0.29) is 11.2 Å². The van der Waals surface area contributed by atoms with Crippen molar-refractivity contribution in [3.8, 4) is 11.8 Å². The van der Waals surface area contributed by atoms with Crippen LogP contribution in [0, 0.1) is 16.7 Å². The summed E-state index contributed by atoms with van der Waals surface area (Å²) in [4.78, 5) is 13.4. The van der Waals surface area contributed by atoms with Gasteiger partial charge in [-0.3, -0.25) is 9.80 Å². The summed E-state index contributed by atoms with van der Waals surface area (Å²) < 4.78 is 10.9. The Bertz CT molecular complexity index is 967. The minimum Gasteiger partial charge on any atom is -0.497 e. The SMILES string of the molecule is COc1cccc([C@H]2C(C#N)=C(N)N(N3CCOCC3)C3=C2C(=O)CC(C)(C)C3)c1. The van der Waals surface area contributed by atoms with Crippen LogP contribution >= 0.6 is 0 Å². The zero-order valence-corrected chi connectivity index (χ0v) is 17.8. The van der Waals surface area contributed by atoms with Crippen LogP contribution in [0.5, 0.6) is 5.75 Å². The molecule has 3 aliphatic rings. The van der Waals surface area contributed by atoms with Gasteiger partial charge in [0.1, 0.15) is 11.6 Å². The third-order valence-corrected chi connectivity index (χ3v) is 6.05. The summed E-state index contributed by atoms with van der Waals surface area (Å²) in [5, 5.41) is 14.1. The monoisotopic (exact) mass is 408 g/mol. The minimum absolute atomic E-state index is 0.0765. The van der Waals surface area contributed by atoms with Gasteiger partial charge in [-0.1, -0.05) is 26.0 Å². The van der Waals surface area contributed by atoms with Crippen molar-refractivity contribution >= 4 is 5.78 Å². The van der Waals surface area contributed by atoms with Crippen LogP contribution in [0.1, 0.15) is 38.2 Å². The average molecular weight is 409 g/mol. The standard InChI is InChI=1S/C23H28N4O3/c1-23(2)12-18-21(19(28)13-23)20(15-5-4-6-16(11-15)29-3)17(14-24)22(25)27(18)26-7-9-30-10-8-26/h4-6,11,20H,7-10,12-13,25H2,1-3H3/t20-/m0/s1. The molecular formula is C23H28N4O3. The van der Waals surface area contributed by atoms with E-state index in [1.165, 1.54) is 0 Å². The molecule has 30 heavy (non-hydrogen) atoms. The lowest BCUT2D eigenvalue weighted by Crippen LogP contribution is -2.53. The topological polar surface area (TPSA) is 91.8 Å². The number of nitrogens with zero attached hydrogens (tertiary/aromatic N) is 3. The molecule has 1 aliphatic carbocycles. The van der Waals surface area contributed by atoms with Crippen LogP contribution in [0.4, 0.5) is 0 Å². The smallest absolute Gasteiger partial charge is 0.162 e. The van der Waals surface area contributed by atoms with E-state index in [1.807, 2.05) is 29.3 Å². The summed E-state index contributed by atoms with van der Waals surface area (Å²) in [6.07, 6.45) is 1.16. The third-order valence-electron chi connectivity index (χ3n) is 6.05. The lowest BCUT2D eigenvalue weighted by molar-refractivity contribution is -0.119. The zero-order chi connectivity index (χ0) is 21.5. The first-order valence-electron chi connectivity index (χ1n) is 10.3. The molecule has 2 N–H and O–H groups in total. The Kier molecular flexibility index (Phi) is 5.31. The summed E-state index contributed by atoms with van der Waals surface area (Å²) in [6.45, 7) is 6.71. The van der Waals surface area contributed by atoms with E-state index in [2.05, 4.69) is 24.9 Å². The number of hydrogen-bond donors (Lipinski definition) is 1. The molecule has 0 unspecified atom stereocenters. The molecule has 1 atom stereocenters. The predicted molar refractivity (Wildman–Crippen MR) is 112 cm³/mol. The van der Waals surface area contributed by atoms with Crippen LogP contribution in [0.15, 0.2) is 46.9 Å². The Hall–Kier alpha value is -2.82. The number of carbonyl (C=O) groups excluding carboxylic acids is 1. The Labute approximate surface area is 177 Å². The van der Waals surface area contributed by atoms with Crippen LogP contribution in [0.3, 0.4) is 0 Å². The van der Waals surface area contributed by atoms with Gasteiger partial charge in [0.05, 0.1) is 37.9 Å². The zero-order valence-electron chi connectivity index (χ0n) is 17.8. The number of benzene rings is 1. The van der Waals surface area contributed by atoms with Gasteiger partial charge < -0.3 is 15.2 Å². The van der Waals surface area contributed by atoms with Crippen molar-refractivity contribution in [3.05, 3.63) is 52.5 Å². The highest BCUT2D eigenvalue weighted by atomic mass is 16.5. The Morgan fingerprint density at radius 3 is 2.67 bits per heavy atom. The molecule has 1 aromatic rings. The van der Waals surface area contributed by atoms with Gasteiger partial charge in [-0.15, -0.1) is 0 Å².